The Hall–Kier alpha value is -1.30. The molecule has 0 radical (unpaired) electrons. The fourth-order valence-corrected chi connectivity index (χ4v) is 8.55. The molecule has 0 aliphatic rings. The highest BCUT2D eigenvalue weighted by Gasteiger charge is 2.57. The first-order chi connectivity index (χ1) is 14.3. The summed E-state index contributed by atoms with van der Waals surface area (Å²) in [6.45, 7) is -6.02. The smallest absolute Gasteiger partial charge is 0.358 e. The molecule has 0 bridgehead atoms. The van der Waals surface area contributed by atoms with Crippen molar-refractivity contribution in [3.8, 4) is 0 Å². The average molecular weight is 516 g/mol. The Morgan fingerprint density at radius 3 is 2.23 bits per heavy atom. The first kappa shape index (κ1) is 26.0. The third-order valence-corrected chi connectivity index (χ3v) is 15.3. The molecule has 172 valence electrons. The van der Waals surface area contributed by atoms with Crippen molar-refractivity contribution in [3.05, 3.63) is 56.7 Å². The van der Waals surface area contributed by atoms with Gasteiger partial charge in [-0.05, 0) is 19.1 Å². The number of nitrogens with one attached hydrogen (secondary N) is 1. The van der Waals surface area contributed by atoms with Gasteiger partial charge >= 0.3 is 27.0 Å². The number of ether oxygens (including phenoxy) is 1. The number of aromatic nitrogens is 2. The van der Waals surface area contributed by atoms with Gasteiger partial charge in [-0.3, -0.25) is 23.4 Å². The molecule has 0 amide bonds. The van der Waals surface area contributed by atoms with E-state index < -0.39 is 52.5 Å². The summed E-state index contributed by atoms with van der Waals surface area (Å²) < 4.78 is 44.7. The fourth-order valence-electron chi connectivity index (χ4n) is 2.09. The van der Waals surface area contributed by atoms with E-state index in [1.807, 2.05) is 0 Å². The lowest BCUT2D eigenvalue weighted by atomic mass is 10.4. The van der Waals surface area contributed by atoms with Gasteiger partial charge in [-0.15, -0.1) is 0 Å². The van der Waals surface area contributed by atoms with E-state index in [1.54, 1.807) is 30.3 Å². The van der Waals surface area contributed by atoms with E-state index in [4.69, 9.17) is 14.5 Å². The van der Waals surface area contributed by atoms with Gasteiger partial charge in [-0.25, -0.2) is 13.9 Å². The van der Waals surface area contributed by atoms with Crippen LogP contribution in [0.2, 0.25) is 0 Å². The van der Waals surface area contributed by atoms with Crippen LogP contribution in [0.25, 0.3) is 0 Å². The van der Waals surface area contributed by atoms with Crippen molar-refractivity contribution in [1.29, 1.82) is 0 Å². The van der Waals surface area contributed by atoms with Crippen molar-refractivity contribution in [1.82, 2.24) is 9.55 Å². The van der Waals surface area contributed by atoms with Crippen LogP contribution in [0.4, 0.5) is 0 Å². The fraction of sp³-hybridized carbons (Fsp3) is 0.286. The SMILES string of the molecule is Cc1c(Sc2ccccc2)n(COCCOP(=O)(O)P(=O)(O)P(=O)(O)O)c(=O)[nH]c1=O. The van der Waals surface area contributed by atoms with Crippen LogP contribution in [0.3, 0.4) is 0 Å². The molecular formula is C14H19N2O11P3S. The van der Waals surface area contributed by atoms with E-state index in [9.17, 15) is 33.1 Å². The molecule has 0 saturated heterocycles. The van der Waals surface area contributed by atoms with Crippen LogP contribution >= 0.6 is 33.1 Å². The van der Waals surface area contributed by atoms with Crippen LogP contribution in [0.15, 0.2) is 49.8 Å². The highest BCUT2D eigenvalue weighted by atomic mass is 32.5. The van der Waals surface area contributed by atoms with Gasteiger partial charge < -0.3 is 24.3 Å². The van der Waals surface area contributed by atoms with Crippen molar-refractivity contribution in [3.63, 3.8) is 0 Å². The molecule has 13 nitrogen and oxygen atoms in total. The topological polar surface area (TPSA) is 205 Å². The van der Waals surface area contributed by atoms with Gasteiger partial charge in [0, 0.05) is 10.5 Å². The Bertz CT molecular complexity index is 1190. The van der Waals surface area contributed by atoms with E-state index in [2.05, 4.69) is 9.51 Å². The number of hydrogen-bond acceptors (Lipinski definition) is 8. The van der Waals surface area contributed by atoms with E-state index in [0.717, 1.165) is 21.2 Å². The summed E-state index contributed by atoms with van der Waals surface area (Å²) in [5.41, 5.74) is -1.11. The third-order valence-electron chi connectivity index (χ3n) is 3.71. The van der Waals surface area contributed by atoms with Gasteiger partial charge in [-0.1, -0.05) is 30.0 Å². The number of benzene rings is 1. The molecule has 0 aliphatic heterocycles. The molecule has 0 fully saturated rings. The van der Waals surface area contributed by atoms with E-state index >= 15 is 0 Å². The zero-order chi connectivity index (χ0) is 23.4. The van der Waals surface area contributed by atoms with Gasteiger partial charge in [0.25, 0.3) is 5.56 Å². The molecule has 5 N–H and O–H groups in total. The van der Waals surface area contributed by atoms with Crippen molar-refractivity contribution < 1.29 is 42.5 Å². The van der Waals surface area contributed by atoms with Crippen LogP contribution < -0.4 is 11.2 Å². The number of aromatic amines is 1. The van der Waals surface area contributed by atoms with E-state index in [0.29, 0.717) is 0 Å². The van der Waals surface area contributed by atoms with Gasteiger partial charge in [0.05, 0.1) is 18.2 Å². The Morgan fingerprint density at radius 1 is 1.03 bits per heavy atom. The zero-order valence-corrected chi connectivity index (χ0v) is 19.4. The summed E-state index contributed by atoms with van der Waals surface area (Å²) in [7, 11) is -11.4. The van der Waals surface area contributed by atoms with Gasteiger partial charge in [0.1, 0.15) is 6.73 Å². The molecule has 0 aliphatic carbocycles. The Kier molecular flexibility index (Phi) is 8.45. The minimum Gasteiger partial charge on any atom is -0.358 e. The Morgan fingerprint density at radius 2 is 1.65 bits per heavy atom. The second-order valence-corrected chi connectivity index (χ2v) is 17.6. The zero-order valence-electron chi connectivity index (χ0n) is 15.9. The molecule has 31 heavy (non-hydrogen) atoms. The molecule has 0 saturated carbocycles. The summed E-state index contributed by atoms with van der Waals surface area (Å²) >= 11 is 1.13. The monoisotopic (exact) mass is 516 g/mol. The standard InChI is InChI=1S/C14H19N2O11P3S/c1-10-12(17)15-14(18)16(13(10)31-11-5-3-2-4-6-11)9-26-7-8-27-29(22,23)30(24,25)28(19,20)21/h2-6H,7-9H2,1H3,(H,22,23)(H,24,25)(H,15,17,18)(H2,19,20,21). The molecule has 1 aromatic heterocycles. The number of rotatable bonds is 10. The van der Waals surface area contributed by atoms with Crippen LogP contribution in [-0.2, 0) is 29.7 Å². The summed E-state index contributed by atoms with van der Waals surface area (Å²) in [5.74, 6) is 0. The second-order valence-electron chi connectivity index (χ2n) is 5.92. The van der Waals surface area contributed by atoms with Crippen molar-refractivity contribution in [2.24, 2.45) is 0 Å². The van der Waals surface area contributed by atoms with Crippen LogP contribution in [0, 0.1) is 6.92 Å². The van der Waals surface area contributed by atoms with Crippen LogP contribution in [-0.4, -0.2) is 42.3 Å². The maximum Gasteiger partial charge on any atom is 0.422 e. The van der Waals surface area contributed by atoms with Crippen LogP contribution in [0.5, 0.6) is 0 Å². The highest BCUT2D eigenvalue weighted by Crippen LogP contribution is 2.94. The number of H-pyrrole nitrogens is 1. The largest absolute Gasteiger partial charge is 0.422 e. The maximum atomic E-state index is 12.2. The summed E-state index contributed by atoms with van der Waals surface area (Å²) in [6, 6.07) is 8.86. The summed E-state index contributed by atoms with van der Waals surface area (Å²) in [5, 5.41) is 0.287. The van der Waals surface area contributed by atoms with E-state index in [-0.39, 0.29) is 10.6 Å². The van der Waals surface area contributed by atoms with Crippen molar-refractivity contribution in [2.75, 3.05) is 13.2 Å². The van der Waals surface area contributed by atoms with Gasteiger partial charge in [0.15, 0.2) is 0 Å². The summed E-state index contributed by atoms with van der Waals surface area (Å²) in [6.07, 6.45) is 0. The normalized spacial score (nSPS) is 15.9. The molecule has 0 spiro atoms. The molecule has 2 rings (SSSR count). The first-order valence-electron chi connectivity index (χ1n) is 8.29. The lowest BCUT2D eigenvalue weighted by molar-refractivity contribution is 0.0450. The highest BCUT2D eigenvalue weighted by molar-refractivity contribution is 8.60. The molecule has 1 aromatic carbocycles. The third kappa shape index (κ3) is 6.15. The average Bonchev–Trinajstić information content (AvgIpc) is 2.67. The van der Waals surface area contributed by atoms with Crippen molar-refractivity contribution >= 4 is 33.1 Å². The first-order valence-corrected chi connectivity index (χ1v) is 15.4. The maximum absolute atomic E-state index is 12.2. The number of hydrogen-bond donors (Lipinski definition) is 5. The molecule has 2 unspecified atom stereocenters. The Labute approximate surface area is 179 Å². The summed E-state index contributed by atoms with van der Waals surface area (Å²) in [4.78, 5) is 63.1. The molecule has 2 atom stereocenters. The van der Waals surface area contributed by atoms with Gasteiger partial charge in [-0.2, -0.15) is 0 Å². The quantitative estimate of drug-likeness (QED) is 0.173. The molecule has 1 heterocycles. The lowest BCUT2D eigenvalue weighted by Crippen LogP contribution is -2.33. The predicted octanol–water partition coefficient (Wildman–Crippen LogP) is 1.45. The Balaban J connectivity index is 2.09. The minimum atomic E-state index is -5.85. The molecular weight excluding hydrogens is 497 g/mol. The number of nitrogens with zero attached hydrogens (tertiary/aromatic N) is 1. The lowest BCUT2D eigenvalue weighted by Gasteiger charge is -2.18. The predicted molar refractivity (Wildman–Crippen MR) is 110 cm³/mol. The molecule has 17 heteroatoms. The minimum absolute atomic E-state index is 0.246. The second kappa shape index (κ2) is 10.1. The van der Waals surface area contributed by atoms with Crippen molar-refractivity contribution in [2.45, 2.75) is 23.6 Å². The van der Waals surface area contributed by atoms with E-state index in [1.165, 1.54) is 6.92 Å². The molecule has 2 aromatic rings. The van der Waals surface area contributed by atoms with Gasteiger partial charge in [0.2, 0.25) is 0 Å². The van der Waals surface area contributed by atoms with Crippen LogP contribution in [0.1, 0.15) is 5.56 Å².